The number of piperidine rings is 1. The van der Waals surface area contributed by atoms with Crippen molar-refractivity contribution in [3.63, 3.8) is 0 Å². The normalized spacial score (nSPS) is 15.3. The van der Waals surface area contributed by atoms with E-state index in [2.05, 4.69) is 34.5 Å². The number of amides is 1. The van der Waals surface area contributed by atoms with Crippen LogP contribution in [0.25, 0.3) is 0 Å². The van der Waals surface area contributed by atoms with Gasteiger partial charge in [0, 0.05) is 40.6 Å². The third-order valence-electron chi connectivity index (χ3n) is 5.82. The molecule has 2 aliphatic rings. The van der Waals surface area contributed by atoms with Crippen molar-refractivity contribution in [1.82, 2.24) is 10.2 Å². The lowest BCUT2D eigenvalue weighted by atomic mass is 10.1. The van der Waals surface area contributed by atoms with Crippen LogP contribution in [0.1, 0.15) is 40.7 Å². The summed E-state index contributed by atoms with van der Waals surface area (Å²) >= 11 is 1.69. The fraction of sp³-hybridized carbons (Fsp3) is 0.231. The second-order valence-corrected chi connectivity index (χ2v) is 9.16. The Morgan fingerprint density at radius 3 is 2.56 bits per heavy atom. The highest BCUT2D eigenvalue weighted by molar-refractivity contribution is 7.99. The molecule has 0 unspecified atom stereocenters. The quantitative estimate of drug-likeness (QED) is 0.555. The molecule has 1 fully saturated rings. The molecule has 0 radical (unpaired) electrons. The molecular formula is C26H24FN3OS. The van der Waals surface area contributed by atoms with Crippen LogP contribution in [0.15, 0.2) is 81.5 Å². The van der Waals surface area contributed by atoms with E-state index in [1.54, 1.807) is 23.9 Å². The van der Waals surface area contributed by atoms with Crippen LogP contribution >= 0.6 is 11.8 Å². The number of hydrogen-bond donors (Lipinski definition) is 1. The maximum atomic E-state index is 13.1. The summed E-state index contributed by atoms with van der Waals surface area (Å²) in [5, 5.41) is 2.92. The molecule has 3 aromatic rings. The summed E-state index contributed by atoms with van der Waals surface area (Å²) in [6.07, 6.45) is 3.61. The largest absolute Gasteiger partial charge is 0.356 e. The van der Waals surface area contributed by atoms with Gasteiger partial charge in [0.1, 0.15) is 11.7 Å². The summed E-state index contributed by atoms with van der Waals surface area (Å²) in [4.78, 5) is 22.5. The lowest BCUT2D eigenvalue weighted by Crippen LogP contribution is -2.36. The van der Waals surface area contributed by atoms with Crippen LogP contribution in [-0.4, -0.2) is 29.7 Å². The monoisotopic (exact) mass is 445 g/mol. The zero-order valence-corrected chi connectivity index (χ0v) is 18.5. The van der Waals surface area contributed by atoms with Gasteiger partial charge in [0.2, 0.25) is 0 Å². The van der Waals surface area contributed by atoms with Crippen LogP contribution in [-0.2, 0) is 6.54 Å². The van der Waals surface area contributed by atoms with Gasteiger partial charge in [0.25, 0.3) is 5.91 Å². The summed E-state index contributed by atoms with van der Waals surface area (Å²) in [6, 6.07) is 20.2. The maximum Gasteiger partial charge on any atom is 0.251 e. The highest BCUT2D eigenvalue weighted by Crippen LogP contribution is 2.41. The van der Waals surface area contributed by atoms with Gasteiger partial charge in [-0.15, -0.1) is 0 Å². The average molecular weight is 446 g/mol. The molecule has 0 atom stereocenters. The number of nitrogens with zero attached hydrogens (tertiary/aromatic N) is 2. The van der Waals surface area contributed by atoms with Gasteiger partial charge in [0.15, 0.2) is 0 Å². The molecule has 0 bridgehead atoms. The van der Waals surface area contributed by atoms with Crippen LogP contribution in [0.5, 0.6) is 0 Å². The van der Waals surface area contributed by atoms with E-state index in [1.807, 2.05) is 18.2 Å². The predicted octanol–water partition coefficient (Wildman–Crippen LogP) is 5.78. The predicted molar refractivity (Wildman–Crippen MR) is 126 cm³/mol. The Balaban J connectivity index is 1.44. The van der Waals surface area contributed by atoms with Crippen LogP contribution in [0.2, 0.25) is 0 Å². The molecule has 0 spiro atoms. The fourth-order valence-electron chi connectivity index (χ4n) is 4.10. The van der Waals surface area contributed by atoms with Gasteiger partial charge in [-0.05, 0) is 61.2 Å². The number of carbonyl (C=O) groups is 1. The van der Waals surface area contributed by atoms with Gasteiger partial charge in [-0.3, -0.25) is 4.79 Å². The molecule has 0 aromatic heterocycles. The van der Waals surface area contributed by atoms with Crippen LogP contribution in [0.3, 0.4) is 0 Å². The highest BCUT2D eigenvalue weighted by Gasteiger charge is 2.23. The zero-order valence-electron chi connectivity index (χ0n) is 17.7. The van der Waals surface area contributed by atoms with Gasteiger partial charge >= 0.3 is 0 Å². The zero-order chi connectivity index (χ0) is 21.9. The first-order valence-electron chi connectivity index (χ1n) is 10.9. The van der Waals surface area contributed by atoms with Gasteiger partial charge in [-0.25, -0.2) is 9.38 Å². The summed E-state index contributed by atoms with van der Waals surface area (Å²) in [6.45, 7) is 2.36. The Labute approximate surface area is 191 Å². The Morgan fingerprint density at radius 2 is 1.75 bits per heavy atom. The lowest BCUT2D eigenvalue weighted by molar-refractivity contribution is 0.0951. The highest BCUT2D eigenvalue weighted by atomic mass is 32.2. The van der Waals surface area contributed by atoms with Crippen LogP contribution < -0.4 is 5.32 Å². The first kappa shape index (κ1) is 20.8. The molecule has 1 N–H and O–H groups in total. The number of benzene rings is 3. The number of likely N-dealkylation sites (tertiary alicyclic amines) is 1. The summed E-state index contributed by atoms with van der Waals surface area (Å²) in [7, 11) is 0. The molecule has 32 heavy (non-hydrogen) atoms. The molecular weight excluding hydrogens is 421 g/mol. The average Bonchev–Trinajstić information content (AvgIpc) is 3.00. The standard InChI is InChI=1S/C26H24FN3OS/c27-20-11-8-18(9-12-20)17-28-26(31)19-10-13-24-22(16-19)29-25(30-14-4-1-5-15-30)21-6-2-3-7-23(21)32-24/h2-3,6-13,16H,1,4-5,14-15,17H2,(H,28,31). The minimum atomic E-state index is -0.285. The van der Waals surface area contributed by atoms with Crippen molar-refractivity contribution in [3.05, 3.63) is 89.2 Å². The Kier molecular flexibility index (Phi) is 5.95. The number of amidine groups is 1. The number of halogens is 1. The number of hydrogen-bond acceptors (Lipinski definition) is 4. The van der Waals surface area contributed by atoms with Gasteiger partial charge in [-0.2, -0.15) is 0 Å². The van der Waals surface area contributed by atoms with Crippen molar-refractivity contribution in [1.29, 1.82) is 0 Å². The Bertz CT molecular complexity index is 1170. The van der Waals surface area contributed by atoms with E-state index in [4.69, 9.17) is 4.99 Å². The van der Waals surface area contributed by atoms with Crippen molar-refractivity contribution in [2.24, 2.45) is 4.99 Å². The second kappa shape index (κ2) is 9.17. The number of fused-ring (bicyclic) bond motifs is 2. The van der Waals surface area contributed by atoms with E-state index in [0.717, 1.165) is 40.6 Å². The van der Waals surface area contributed by atoms with E-state index in [9.17, 15) is 9.18 Å². The second-order valence-electron chi connectivity index (χ2n) is 8.07. The van der Waals surface area contributed by atoms with Gasteiger partial charge in [0.05, 0.1) is 5.69 Å². The maximum absolute atomic E-state index is 13.1. The molecule has 1 amide bonds. The molecule has 3 aromatic carbocycles. The van der Waals surface area contributed by atoms with Gasteiger partial charge < -0.3 is 10.2 Å². The van der Waals surface area contributed by atoms with Crippen molar-refractivity contribution in [3.8, 4) is 0 Å². The molecule has 1 saturated heterocycles. The SMILES string of the molecule is O=C(NCc1ccc(F)cc1)c1ccc2c(c1)N=C(N1CCCCC1)c1ccccc1S2. The molecule has 4 nitrogen and oxygen atoms in total. The first-order valence-corrected chi connectivity index (χ1v) is 11.8. The number of aliphatic imine (C=N–C) groups is 1. The van der Waals surface area contributed by atoms with Crippen molar-refractivity contribution < 1.29 is 9.18 Å². The molecule has 5 rings (SSSR count). The fourth-order valence-corrected chi connectivity index (χ4v) is 5.10. The van der Waals surface area contributed by atoms with Crippen molar-refractivity contribution in [2.75, 3.05) is 13.1 Å². The molecule has 0 saturated carbocycles. The molecule has 6 heteroatoms. The molecule has 0 aliphatic carbocycles. The molecule has 2 aliphatic heterocycles. The summed E-state index contributed by atoms with van der Waals surface area (Å²) in [5.74, 6) is 0.542. The van der Waals surface area contributed by atoms with Crippen LogP contribution in [0, 0.1) is 5.82 Å². The third-order valence-corrected chi connectivity index (χ3v) is 6.96. The number of nitrogens with one attached hydrogen (secondary N) is 1. The Morgan fingerprint density at radius 1 is 0.969 bits per heavy atom. The van der Waals surface area contributed by atoms with Crippen LogP contribution in [0.4, 0.5) is 10.1 Å². The first-order chi connectivity index (χ1) is 15.7. The summed E-state index contributed by atoms with van der Waals surface area (Å²) < 4.78 is 13.1. The van der Waals surface area contributed by atoms with Crippen molar-refractivity contribution in [2.45, 2.75) is 35.6 Å². The lowest BCUT2D eigenvalue weighted by Gasteiger charge is -2.30. The number of carbonyl (C=O) groups excluding carboxylic acids is 1. The Hall–Kier alpha value is -3.12. The van der Waals surface area contributed by atoms with Crippen molar-refractivity contribution >= 4 is 29.2 Å². The van der Waals surface area contributed by atoms with E-state index >= 15 is 0 Å². The molecule has 162 valence electrons. The van der Waals surface area contributed by atoms with E-state index < -0.39 is 0 Å². The van der Waals surface area contributed by atoms with E-state index in [1.165, 1.54) is 36.3 Å². The van der Waals surface area contributed by atoms with Gasteiger partial charge in [-0.1, -0.05) is 42.1 Å². The van der Waals surface area contributed by atoms with E-state index in [-0.39, 0.29) is 11.7 Å². The van der Waals surface area contributed by atoms with E-state index in [0.29, 0.717) is 12.1 Å². The smallest absolute Gasteiger partial charge is 0.251 e. The minimum Gasteiger partial charge on any atom is -0.356 e. The number of rotatable bonds is 3. The topological polar surface area (TPSA) is 44.7 Å². The summed E-state index contributed by atoms with van der Waals surface area (Å²) in [5.41, 5.74) is 3.39. The minimum absolute atomic E-state index is 0.168. The third kappa shape index (κ3) is 4.41. The molecule has 2 heterocycles.